The molecule has 0 radical (unpaired) electrons. The normalized spacial score (nSPS) is 23.7. The van der Waals surface area contributed by atoms with E-state index >= 15 is 0 Å². The van der Waals surface area contributed by atoms with E-state index in [1.54, 1.807) is 17.8 Å². The molecular weight excluding hydrogens is 320 g/mol. The highest BCUT2D eigenvalue weighted by Gasteiger charge is 2.23. The number of rotatable bonds is 5. The van der Waals surface area contributed by atoms with E-state index in [0.29, 0.717) is 16.9 Å². The predicted octanol–water partition coefficient (Wildman–Crippen LogP) is 0.420. The zero-order valence-electron chi connectivity index (χ0n) is 10.9. The predicted molar refractivity (Wildman–Crippen MR) is 78.3 cm³/mol. The van der Waals surface area contributed by atoms with Gasteiger partial charge in [-0.2, -0.15) is 0 Å². The van der Waals surface area contributed by atoms with E-state index in [1.165, 1.54) is 4.90 Å². The van der Waals surface area contributed by atoms with Gasteiger partial charge in [-0.1, -0.05) is 17.7 Å². The average Bonchev–Trinajstić information content (AvgIpc) is 2.37. The van der Waals surface area contributed by atoms with Gasteiger partial charge < -0.3 is 9.45 Å². The van der Waals surface area contributed by atoms with Crippen LogP contribution >= 0.6 is 23.4 Å². The first kappa shape index (κ1) is 16.0. The van der Waals surface area contributed by atoms with E-state index in [-0.39, 0.29) is 5.75 Å². The van der Waals surface area contributed by atoms with Crippen LogP contribution < -0.4 is 4.90 Å². The van der Waals surface area contributed by atoms with Crippen LogP contribution in [0.15, 0.2) is 23.2 Å². The number of likely N-dealkylation sites (tertiary alicyclic amines) is 1. The van der Waals surface area contributed by atoms with Crippen molar-refractivity contribution >= 4 is 33.5 Å². The molecule has 1 aliphatic rings. The summed E-state index contributed by atoms with van der Waals surface area (Å²) in [5.41, 5.74) is 0. The lowest BCUT2D eigenvalue weighted by Crippen LogP contribution is -3.13. The van der Waals surface area contributed by atoms with Crippen molar-refractivity contribution in [2.75, 3.05) is 25.4 Å². The third kappa shape index (κ3) is 5.57. The second kappa shape index (κ2) is 7.09. The van der Waals surface area contributed by atoms with Crippen LogP contribution in [0, 0.1) is 0 Å². The first-order chi connectivity index (χ1) is 9.42. The van der Waals surface area contributed by atoms with Crippen molar-refractivity contribution in [1.82, 2.24) is 4.98 Å². The zero-order chi connectivity index (χ0) is 14.6. The molecule has 5 nitrogen and oxygen atoms in total. The molecule has 1 aromatic heterocycles. The maximum absolute atomic E-state index is 10.6. The minimum Gasteiger partial charge on any atom is -0.748 e. The van der Waals surface area contributed by atoms with E-state index < -0.39 is 10.1 Å². The molecule has 0 bridgehead atoms. The van der Waals surface area contributed by atoms with Crippen molar-refractivity contribution in [1.29, 1.82) is 0 Å². The minimum atomic E-state index is -4.09. The number of piperidine rings is 1. The fourth-order valence-electron chi connectivity index (χ4n) is 2.26. The molecular formula is C12H17ClN2O3S2. The standard InChI is InChI=1S/C12H17ClN2O3S2/c13-11-2-1-3-12(14-11)19-10-4-6-15(7-5-10)8-9-20(16,17)18/h1-3,10H,4-9H2,(H,16,17,18). The highest BCUT2D eigenvalue weighted by Crippen LogP contribution is 2.27. The van der Waals surface area contributed by atoms with Crippen molar-refractivity contribution < 1.29 is 17.9 Å². The zero-order valence-corrected chi connectivity index (χ0v) is 13.3. The molecule has 2 heterocycles. The first-order valence-corrected chi connectivity index (χ1v) is 9.32. The molecule has 1 N–H and O–H groups in total. The summed E-state index contributed by atoms with van der Waals surface area (Å²) in [6, 6.07) is 5.58. The average molecular weight is 337 g/mol. The third-order valence-corrected chi connectivity index (χ3v) is 5.51. The molecule has 8 heteroatoms. The Morgan fingerprint density at radius 3 is 2.70 bits per heavy atom. The summed E-state index contributed by atoms with van der Waals surface area (Å²) >= 11 is 7.57. The van der Waals surface area contributed by atoms with Gasteiger partial charge in [0.1, 0.15) is 15.3 Å². The molecule has 112 valence electrons. The van der Waals surface area contributed by atoms with Crippen LogP contribution in [0.3, 0.4) is 0 Å². The van der Waals surface area contributed by atoms with Crippen LogP contribution in [0.2, 0.25) is 5.15 Å². The largest absolute Gasteiger partial charge is 0.748 e. The highest BCUT2D eigenvalue weighted by atomic mass is 35.5. The van der Waals surface area contributed by atoms with Crippen LogP contribution in [-0.2, 0) is 10.1 Å². The van der Waals surface area contributed by atoms with Gasteiger partial charge in [0.05, 0.1) is 30.4 Å². The smallest absolute Gasteiger partial charge is 0.130 e. The van der Waals surface area contributed by atoms with Crippen molar-refractivity contribution in [2.24, 2.45) is 0 Å². The fraction of sp³-hybridized carbons (Fsp3) is 0.583. The van der Waals surface area contributed by atoms with Crippen LogP contribution in [0.5, 0.6) is 0 Å². The van der Waals surface area contributed by atoms with Crippen LogP contribution in [0.4, 0.5) is 0 Å². The number of pyridine rings is 1. The SMILES string of the molecule is O=S(=O)([O-])CC[NH+]1CCC(Sc2cccc(Cl)n2)CC1. The van der Waals surface area contributed by atoms with Crippen LogP contribution in [0.1, 0.15) is 12.8 Å². The molecule has 1 saturated heterocycles. The Labute approximate surface area is 128 Å². The molecule has 2 rings (SSSR count). The van der Waals surface area contributed by atoms with Crippen molar-refractivity contribution in [2.45, 2.75) is 23.1 Å². The minimum absolute atomic E-state index is 0.268. The van der Waals surface area contributed by atoms with Gasteiger partial charge in [0, 0.05) is 18.1 Å². The second-order valence-corrected chi connectivity index (χ2v) is 8.11. The van der Waals surface area contributed by atoms with Gasteiger partial charge in [0.15, 0.2) is 0 Å². The van der Waals surface area contributed by atoms with Gasteiger partial charge in [-0.3, -0.25) is 0 Å². The molecule has 20 heavy (non-hydrogen) atoms. The van der Waals surface area contributed by atoms with Crippen molar-refractivity contribution in [3.63, 3.8) is 0 Å². The summed E-state index contributed by atoms with van der Waals surface area (Å²) in [6.07, 6.45) is 1.99. The Morgan fingerprint density at radius 1 is 1.40 bits per heavy atom. The number of nitrogens with one attached hydrogen (secondary N) is 1. The van der Waals surface area contributed by atoms with E-state index in [4.69, 9.17) is 11.6 Å². The lowest BCUT2D eigenvalue weighted by molar-refractivity contribution is -0.902. The molecule has 0 aromatic carbocycles. The monoisotopic (exact) mass is 336 g/mol. The number of hydrogen-bond acceptors (Lipinski definition) is 5. The lowest BCUT2D eigenvalue weighted by atomic mass is 10.1. The molecule has 0 unspecified atom stereocenters. The molecule has 1 aromatic rings. The summed E-state index contributed by atoms with van der Waals surface area (Å²) in [7, 11) is -4.09. The molecule has 0 aliphatic carbocycles. The second-order valence-electron chi connectivity index (χ2n) is 4.88. The Bertz CT molecular complexity index is 545. The van der Waals surface area contributed by atoms with Gasteiger partial charge in [-0.25, -0.2) is 13.4 Å². The Morgan fingerprint density at radius 2 is 2.10 bits per heavy atom. The third-order valence-electron chi connectivity index (χ3n) is 3.32. The number of nitrogens with zero attached hydrogens (tertiary/aromatic N) is 1. The lowest BCUT2D eigenvalue weighted by Gasteiger charge is -2.29. The summed E-state index contributed by atoms with van der Waals surface area (Å²) in [4.78, 5) is 5.45. The summed E-state index contributed by atoms with van der Waals surface area (Å²) in [6.45, 7) is 2.21. The maximum Gasteiger partial charge on any atom is 0.130 e. The summed E-state index contributed by atoms with van der Waals surface area (Å²) in [5, 5.41) is 1.90. The molecule has 1 fully saturated rings. The number of aromatic nitrogens is 1. The van der Waals surface area contributed by atoms with Crippen molar-refractivity contribution in [3.8, 4) is 0 Å². The molecule has 0 saturated carbocycles. The fourth-order valence-corrected chi connectivity index (χ4v) is 4.14. The van der Waals surface area contributed by atoms with E-state index in [1.807, 2.05) is 12.1 Å². The number of hydrogen-bond donors (Lipinski definition) is 1. The quantitative estimate of drug-likeness (QED) is 0.623. The molecule has 1 aliphatic heterocycles. The van der Waals surface area contributed by atoms with Gasteiger partial charge in [0.2, 0.25) is 0 Å². The van der Waals surface area contributed by atoms with Crippen LogP contribution in [0.25, 0.3) is 0 Å². The summed E-state index contributed by atoms with van der Waals surface area (Å²) < 4.78 is 31.9. The molecule has 0 spiro atoms. The van der Waals surface area contributed by atoms with E-state index in [0.717, 1.165) is 31.0 Å². The van der Waals surface area contributed by atoms with Crippen LogP contribution in [-0.4, -0.2) is 48.6 Å². The molecule has 0 atom stereocenters. The Kier molecular flexibility index (Phi) is 5.68. The molecule has 0 amide bonds. The van der Waals surface area contributed by atoms with Gasteiger partial charge in [-0.05, 0) is 12.1 Å². The van der Waals surface area contributed by atoms with E-state index in [9.17, 15) is 13.0 Å². The topological polar surface area (TPSA) is 74.5 Å². The Hall–Kier alpha value is -0.340. The van der Waals surface area contributed by atoms with Gasteiger partial charge >= 0.3 is 0 Å². The Balaban J connectivity index is 1.77. The number of halogens is 1. The highest BCUT2D eigenvalue weighted by molar-refractivity contribution is 7.99. The number of thioether (sulfide) groups is 1. The van der Waals surface area contributed by atoms with E-state index in [2.05, 4.69) is 4.98 Å². The number of quaternary nitrogens is 1. The van der Waals surface area contributed by atoms with Crippen molar-refractivity contribution in [3.05, 3.63) is 23.4 Å². The van der Waals surface area contributed by atoms with Gasteiger partial charge in [-0.15, -0.1) is 11.8 Å². The summed E-state index contributed by atoms with van der Waals surface area (Å²) in [5.74, 6) is -0.268. The van der Waals surface area contributed by atoms with Gasteiger partial charge in [0.25, 0.3) is 0 Å². The first-order valence-electron chi connectivity index (χ1n) is 6.49. The maximum atomic E-state index is 10.6.